The van der Waals surface area contributed by atoms with Crippen molar-refractivity contribution in [1.29, 1.82) is 0 Å². The smallest absolute Gasteiger partial charge is 0.176 e. The van der Waals surface area contributed by atoms with E-state index in [0.717, 1.165) is 19.4 Å². The standard InChI is InChI=1S/C15H20FNO3/c1-15(19)6-3-7-17(10-15)9-13(18)11-4-5-14(20-2)12(16)8-11/h4-5,8,19H,3,6-7,9-10H2,1-2H3. The lowest BCUT2D eigenvalue weighted by molar-refractivity contribution is -0.0133. The van der Waals surface area contributed by atoms with Crippen molar-refractivity contribution in [2.75, 3.05) is 26.7 Å². The van der Waals surface area contributed by atoms with Crippen LogP contribution in [0, 0.1) is 5.82 Å². The summed E-state index contributed by atoms with van der Waals surface area (Å²) in [4.78, 5) is 14.1. The van der Waals surface area contributed by atoms with Gasteiger partial charge in [-0.3, -0.25) is 9.69 Å². The van der Waals surface area contributed by atoms with Gasteiger partial charge in [0.1, 0.15) is 0 Å². The number of aliphatic hydroxyl groups is 1. The number of ketones is 1. The van der Waals surface area contributed by atoms with Crippen LogP contribution in [0.3, 0.4) is 0 Å². The van der Waals surface area contributed by atoms with Gasteiger partial charge in [-0.2, -0.15) is 0 Å². The number of halogens is 1. The SMILES string of the molecule is COc1ccc(C(=O)CN2CCCC(C)(O)C2)cc1F. The van der Waals surface area contributed by atoms with Crippen LogP contribution in [0.1, 0.15) is 30.1 Å². The molecule has 0 saturated carbocycles. The molecule has 1 unspecified atom stereocenters. The number of nitrogens with zero attached hydrogens (tertiary/aromatic N) is 1. The molecule has 5 heteroatoms. The third-order valence-corrected chi connectivity index (χ3v) is 3.59. The molecule has 2 rings (SSSR count). The molecular formula is C15H20FNO3. The Balaban J connectivity index is 2.03. The summed E-state index contributed by atoms with van der Waals surface area (Å²) in [5.41, 5.74) is -0.419. The second-order valence-corrected chi connectivity index (χ2v) is 5.58. The first-order valence-electron chi connectivity index (χ1n) is 6.73. The van der Waals surface area contributed by atoms with Gasteiger partial charge >= 0.3 is 0 Å². The van der Waals surface area contributed by atoms with Crippen LogP contribution in [-0.2, 0) is 0 Å². The molecule has 4 nitrogen and oxygen atoms in total. The molecule has 0 bridgehead atoms. The predicted octanol–water partition coefficient (Wildman–Crippen LogP) is 1.86. The zero-order chi connectivity index (χ0) is 14.8. The maximum atomic E-state index is 13.6. The molecule has 1 aliphatic rings. The Kier molecular flexibility index (Phi) is 4.40. The Labute approximate surface area is 118 Å². The summed E-state index contributed by atoms with van der Waals surface area (Å²) in [6.07, 6.45) is 1.60. The molecule has 20 heavy (non-hydrogen) atoms. The molecule has 1 heterocycles. The Hall–Kier alpha value is -1.46. The number of carbonyl (C=O) groups is 1. The van der Waals surface area contributed by atoms with E-state index in [1.165, 1.54) is 19.2 Å². The van der Waals surface area contributed by atoms with Crippen LogP contribution in [-0.4, -0.2) is 48.1 Å². The topological polar surface area (TPSA) is 49.8 Å². The summed E-state index contributed by atoms with van der Waals surface area (Å²) in [7, 11) is 1.38. The number of benzene rings is 1. The Bertz CT molecular complexity index is 502. The van der Waals surface area contributed by atoms with Crippen molar-refractivity contribution < 1.29 is 19.0 Å². The minimum atomic E-state index is -0.746. The fraction of sp³-hybridized carbons (Fsp3) is 0.533. The largest absolute Gasteiger partial charge is 0.494 e. The minimum absolute atomic E-state index is 0.127. The van der Waals surface area contributed by atoms with E-state index < -0.39 is 11.4 Å². The van der Waals surface area contributed by atoms with E-state index >= 15 is 0 Å². The lowest BCUT2D eigenvalue weighted by atomic mass is 9.95. The first kappa shape index (κ1) is 14.9. The number of Topliss-reactive ketones (excluding diaryl/α,β-unsaturated/α-hetero) is 1. The van der Waals surface area contributed by atoms with E-state index in [0.29, 0.717) is 12.1 Å². The maximum Gasteiger partial charge on any atom is 0.176 e. The Morgan fingerprint density at radius 1 is 1.55 bits per heavy atom. The summed E-state index contributed by atoms with van der Waals surface area (Å²) >= 11 is 0. The summed E-state index contributed by atoms with van der Waals surface area (Å²) in [6, 6.07) is 4.21. The van der Waals surface area contributed by atoms with Gasteiger partial charge in [0.2, 0.25) is 0 Å². The summed E-state index contributed by atoms with van der Waals surface area (Å²) in [5, 5.41) is 10.0. The number of ether oxygens (including phenoxy) is 1. The highest BCUT2D eigenvalue weighted by molar-refractivity contribution is 5.97. The molecule has 0 amide bonds. The molecule has 0 aromatic heterocycles. The average Bonchev–Trinajstić information content (AvgIpc) is 2.37. The summed E-state index contributed by atoms with van der Waals surface area (Å²) in [5.74, 6) is -0.560. The van der Waals surface area contributed by atoms with Gasteiger partial charge in [0.25, 0.3) is 0 Å². The molecule has 1 aromatic rings. The molecule has 1 atom stereocenters. The molecule has 0 aliphatic carbocycles. The number of β-amino-alcohol motifs (C(OH)–C–C–N with tert-alkyl or cyclic N) is 1. The van der Waals surface area contributed by atoms with Gasteiger partial charge in [0.15, 0.2) is 17.3 Å². The van der Waals surface area contributed by atoms with Crippen LogP contribution in [0.15, 0.2) is 18.2 Å². The highest BCUT2D eigenvalue weighted by atomic mass is 19.1. The first-order valence-corrected chi connectivity index (χ1v) is 6.73. The second-order valence-electron chi connectivity index (χ2n) is 5.58. The number of methoxy groups -OCH3 is 1. The maximum absolute atomic E-state index is 13.6. The lowest BCUT2D eigenvalue weighted by Gasteiger charge is -2.36. The highest BCUT2D eigenvalue weighted by Gasteiger charge is 2.29. The number of rotatable bonds is 4. The Morgan fingerprint density at radius 3 is 2.90 bits per heavy atom. The van der Waals surface area contributed by atoms with Gasteiger partial charge in [0, 0.05) is 12.1 Å². The van der Waals surface area contributed by atoms with Crippen LogP contribution < -0.4 is 4.74 Å². The number of piperidine rings is 1. The van der Waals surface area contributed by atoms with Gasteiger partial charge in [-0.1, -0.05) is 0 Å². The van der Waals surface area contributed by atoms with Gasteiger partial charge in [-0.15, -0.1) is 0 Å². The molecule has 1 aromatic carbocycles. The van der Waals surface area contributed by atoms with Gasteiger partial charge < -0.3 is 9.84 Å². The zero-order valence-corrected chi connectivity index (χ0v) is 11.9. The van der Waals surface area contributed by atoms with Crippen LogP contribution in [0.25, 0.3) is 0 Å². The van der Waals surface area contributed by atoms with Crippen molar-refractivity contribution in [1.82, 2.24) is 4.90 Å². The third kappa shape index (κ3) is 3.55. The molecule has 0 radical (unpaired) electrons. The predicted molar refractivity (Wildman–Crippen MR) is 73.6 cm³/mol. The lowest BCUT2D eigenvalue weighted by Crippen LogP contribution is -2.47. The zero-order valence-electron chi connectivity index (χ0n) is 11.9. The fourth-order valence-electron chi connectivity index (χ4n) is 2.59. The normalized spacial score (nSPS) is 23.6. The van der Waals surface area contributed by atoms with E-state index in [4.69, 9.17) is 4.74 Å². The molecule has 0 spiro atoms. The number of carbonyl (C=O) groups excluding carboxylic acids is 1. The van der Waals surface area contributed by atoms with Crippen LogP contribution in [0.4, 0.5) is 4.39 Å². The Morgan fingerprint density at radius 2 is 2.30 bits per heavy atom. The highest BCUT2D eigenvalue weighted by Crippen LogP contribution is 2.21. The minimum Gasteiger partial charge on any atom is -0.494 e. The summed E-state index contributed by atoms with van der Waals surface area (Å²) in [6.45, 7) is 3.22. The molecule has 1 aliphatic heterocycles. The van der Waals surface area contributed by atoms with Crippen molar-refractivity contribution in [3.8, 4) is 5.75 Å². The van der Waals surface area contributed by atoms with E-state index in [-0.39, 0.29) is 18.1 Å². The first-order chi connectivity index (χ1) is 9.41. The molecule has 1 N–H and O–H groups in total. The van der Waals surface area contributed by atoms with Crippen molar-refractivity contribution in [2.24, 2.45) is 0 Å². The van der Waals surface area contributed by atoms with Crippen LogP contribution in [0.5, 0.6) is 5.75 Å². The quantitative estimate of drug-likeness (QED) is 0.856. The second kappa shape index (κ2) is 5.89. The van der Waals surface area contributed by atoms with Crippen LogP contribution >= 0.6 is 0 Å². The van der Waals surface area contributed by atoms with E-state index in [2.05, 4.69) is 0 Å². The van der Waals surface area contributed by atoms with Crippen molar-refractivity contribution in [3.05, 3.63) is 29.6 Å². The van der Waals surface area contributed by atoms with Gasteiger partial charge in [-0.25, -0.2) is 4.39 Å². The molecule has 110 valence electrons. The van der Waals surface area contributed by atoms with Gasteiger partial charge in [-0.05, 0) is 44.5 Å². The van der Waals surface area contributed by atoms with Crippen molar-refractivity contribution in [2.45, 2.75) is 25.4 Å². The molecule has 1 saturated heterocycles. The monoisotopic (exact) mass is 281 g/mol. The molecular weight excluding hydrogens is 261 g/mol. The van der Waals surface area contributed by atoms with Gasteiger partial charge in [0.05, 0.1) is 19.3 Å². The summed E-state index contributed by atoms with van der Waals surface area (Å²) < 4.78 is 18.4. The van der Waals surface area contributed by atoms with E-state index in [1.807, 2.05) is 4.90 Å². The van der Waals surface area contributed by atoms with E-state index in [1.54, 1.807) is 13.0 Å². The third-order valence-electron chi connectivity index (χ3n) is 3.59. The molecule has 1 fully saturated rings. The number of hydrogen-bond acceptors (Lipinski definition) is 4. The van der Waals surface area contributed by atoms with Crippen molar-refractivity contribution >= 4 is 5.78 Å². The number of likely N-dealkylation sites (tertiary alicyclic amines) is 1. The van der Waals surface area contributed by atoms with E-state index in [9.17, 15) is 14.3 Å². The fourth-order valence-corrected chi connectivity index (χ4v) is 2.59. The average molecular weight is 281 g/mol. The van der Waals surface area contributed by atoms with Crippen LogP contribution in [0.2, 0.25) is 0 Å². The number of hydrogen-bond donors (Lipinski definition) is 1. The van der Waals surface area contributed by atoms with Crippen molar-refractivity contribution in [3.63, 3.8) is 0 Å².